The number of hydrogen-bond donors (Lipinski definition) is 2. The monoisotopic (exact) mass is 431 g/mol. The Morgan fingerprint density at radius 3 is 2.66 bits per heavy atom. The number of amides is 1. The summed E-state index contributed by atoms with van der Waals surface area (Å²) in [5.74, 6) is 0.428. The second-order valence-electron chi connectivity index (χ2n) is 9.21. The van der Waals surface area contributed by atoms with Crippen LogP contribution in [-0.2, 0) is 23.8 Å². The Hall–Kier alpha value is -3.61. The van der Waals surface area contributed by atoms with E-state index in [4.69, 9.17) is 5.10 Å². The minimum absolute atomic E-state index is 0.0908. The molecule has 1 unspecified atom stereocenters. The molecule has 0 aliphatic rings. The highest BCUT2D eigenvalue weighted by Gasteiger charge is 2.23. The SMILES string of the molecule is CC(C(=O)NCc1cc(C(C)(C)C)nn1-c1ccccn1)c1cn(C)c2ccc(O)cc12. The van der Waals surface area contributed by atoms with Gasteiger partial charge in [-0.05, 0) is 48.9 Å². The molecule has 0 saturated carbocycles. The van der Waals surface area contributed by atoms with Crippen molar-refractivity contribution < 1.29 is 9.90 Å². The van der Waals surface area contributed by atoms with Crippen molar-refractivity contribution >= 4 is 16.8 Å². The van der Waals surface area contributed by atoms with Gasteiger partial charge in [0.15, 0.2) is 5.82 Å². The van der Waals surface area contributed by atoms with Gasteiger partial charge in [0.2, 0.25) is 5.91 Å². The highest BCUT2D eigenvalue weighted by molar-refractivity contribution is 5.92. The maximum Gasteiger partial charge on any atom is 0.227 e. The summed E-state index contributed by atoms with van der Waals surface area (Å²) in [6, 6.07) is 12.9. The van der Waals surface area contributed by atoms with Crippen LogP contribution in [0.1, 0.15) is 50.6 Å². The molecule has 0 aliphatic heterocycles. The molecule has 4 aromatic rings. The van der Waals surface area contributed by atoms with Crippen molar-refractivity contribution in [1.29, 1.82) is 0 Å². The third-order valence-electron chi connectivity index (χ3n) is 5.73. The number of carbonyl (C=O) groups excluding carboxylic acids is 1. The largest absolute Gasteiger partial charge is 0.508 e. The van der Waals surface area contributed by atoms with Gasteiger partial charge in [0.1, 0.15) is 5.75 Å². The molecule has 0 saturated heterocycles. The van der Waals surface area contributed by atoms with E-state index >= 15 is 0 Å². The van der Waals surface area contributed by atoms with E-state index in [1.807, 2.05) is 55.1 Å². The van der Waals surface area contributed by atoms with Gasteiger partial charge in [-0.1, -0.05) is 26.8 Å². The lowest BCUT2D eigenvalue weighted by Gasteiger charge is -2.14. The summed E-state index contributed by atoms with van der Waals surface area (Å²) < 4.78 is 3.77. The quantitative estimate of drug-likeness (QED) is 0.496. The molecule has 3 heterocycles. The first kappa shape index (κ1) is 21.6. The lowest BCUT2D eigenvalue weighted by molar-refractivity contribution is -0.122. The Morgan fingerprint density at radius 2 is 1.97 bits per heavy atom. The molecule has 0 fully saturated rings. The Balaban J connectivity index is 1.59. The molecule has 3 aromatic heterocycles. The number of phenolic OH excluding ortho intramolecular Hbond substituents is 1. The molecule has 0 spiro atoms. The number of benzene rings is 1. The number of phenols is 1. The third kappa shape index (κ3) is 4.10. The van der Waals surface area contributed by atoms with E-state index in [2.05, 4.69) is 31.1 Å². The predicted octanol–water partition coefficient (Wildman–Crippen LogP) is 4.18. The normalized spacial score (nSPS) is 12.8. The third-order valence-corrected chi connectivity index (χ3v) is 5.73. The van der Waals surface area contributed by atoms with Gasteiger partial charge < -0.3 is 15.0 Å². The molecule has 1 amide bonds. The van der Waals surface area contributed by atoms with E-state index in [-0.39, 0.29) is 23.0 Å². The summed E-state index contributed by atoms with van der Waals surface area (Å²) in [7, 11) is 1.94. The molecule has 166 valence electrons. The molecule has 2 N–H and O–H groups in total. The molecule has 1 aromatic carbocycles. The number of hydrogen-bond acceptors (Lipinski definition) is 4. The van der Waals surface area contributed by atoms with Gasteiger partial charge in [0.05, 0.1) is 23.9 Å². The van der Waals surface area contributed by atoms with Crippen LogP contribution in [0, 0.1) is 0 Å². The molecule has 32 heavy (non-hydrogen) atoms. The fourth-order valence-electron chi connectivity index (χ4n) is 3.82. The van der Waals surface area contributed by atoms with Crippen molar-refractivity contribution in [2.45, 2.75) is 45.6 Å². The van der Waals surface area contributed by atoms with Gasteiger partial charge in [-0.15, -0.1) is 0 Å². The van der Waals surface area contributed by atoms with Crippen molar-refractivity contribution in [2.24, 2.45) is 7.05 Å². The van der Waals surface area contributed by atoms with E-state index in [1.54, 1.807) is 23.0 Å². The average Bonchev–Trinajstić information content (AvgIpc) is 3.33. The van der Waals surface area contributed by atoms with Gasteiger partial charge in [-0.2, -0.15) is 5.10 Å². The Labute approximate surface area is 187 Å². The topological polar surface area (TPSA) is 85.0 Å². The van der Waals surface area contributed by atoms with Crippen LogP contribution in [-0.4, -0.2) is 30.3 Å². The number of nitrogens with zero attached hydrogens (tertiary/aromatic N) is 4. The summed E-state index contributed by atoms with van der Waals surface area (Å²) in [6.07, 6.45) is 3.68. The zero-order valence-electron chi connectivity index (χ0n) is 19.1. The number of aromatic nitrogens is 4. The van der Waals surface area contributed by atoms with E-state index in [1.165, 1.54) is 0 Å². The highest BCUT2D eigenvalue weighted by atomic mass is 16.3. The van der Waals surface area contributed by atoms with E-state index in [0.717, 1.165) is 27.9 Å². The first-order chi connectivity index (χ1) is 15.1. The number of rotatable bonds is 5. The van der Waals surface area contributed by atoms with Crippen LogP contribution in [0.3, 0.4) is 0 Å². The van der Waals surface area contributed by atoms with Crippen molar-refractivity contribution in [3.05, 3.63) is 71.8 Å². The zero-order valence-corrected chi connectivity index (χ0v) is 19.1. The molecule has 4 rings (SSSR count). The number of nitrogens with one attached hydrogen (secondary N) is 1. The lowest BCUT2D eigenvalue weighted by Crippen LogP contribution is -2.28. The molecule has 0 aliphatic carbocycles. The smallest absolute Gasteiger partial charge is 0.227 e. The van der Waals surface area contributed by atoms with Crippen molar-refractivity contribution in [1.82, 2.24) is 24.6 Å². The number of pyridine rings is 1. The molecule has 7 heteroatoms. The predicted molar refractivity (Wildman–Crippen MR) is 125 cm³/mol. The summed E-state index contributed by atoms with van der Waals surface area (Å²) in [6.45, 7) is 8.54. The number of aromatic hydroxyl groups is 1. The number of carbonyl (C=O) groups is 1. The maximum atomic E-state index is 13.1. The van der Waals surface area contributed by atoms with E-state index in [9.17, 15) is 9.90 Å². The van der Waals surface area contributed by atoms with Crippen LogP contribution in [0.15, 0.2) is 54.9 Å². The van der Waals surface area contributed by atoms with Crippen molar-refractivity contribution in [2.75, 3.05) is 0 Å². The van der Waals surface area contributed by atoms with Crippen molar-refractivity contribution in [3.63, 3.8) is 0 Å². The van der Waals surface area contributed by atoms with Crippen molar-refractivity contribution in [3.8, 4) is 11.6 Å². The second-order valence-corrected chi connectivity index (χ2v) is 9.21. The molecule has 0 bridgehead atoms. The number of aryl methyl sites for hydroxylation is 1. The molecular formula is C25H29N5O2. The average molecular weight is 432 g/mol. The van der Waals surface area contributed by atoms with Gasteiger partial charge in [-0.25, -0.2) is 9.67 Å². The first-order valence-electron chi connectivity index (χ1n) is 10.7. The minimum Gasteiger partial charge on any atom is -0.508 e. The van der Waals surface area contributed by atoms with Gasteiger partial charge >= 0.3 is 0 Å². The van der Waals surface area contributed by atoms with Crippen LogP contribution in [0.25, 0.3) is 16.7 Å². The summed E-state index contributed by atoms with van der Waals surface area (Å²) in [5.41, 5.74) is 3.52. The Bertz CT molecular complexity index is 1260. The zero-order chi connectivity index (χ0) is 23.0. The molecule has 7 nitrogen and oxygen atoms in total. The highest BCUT2D eigenvalue weighted by Crippen LogP contribution is 2.30. The molecule has 1 atom stereocenters. The number of fused-ring (bicyclic) bond motifs is 1. The van der Waals surface area contributed by atoms with Crippen LogP contribution >= 0.6 is 0 Å². The van der Waals surface area contributed by atoms with Crippen LogP contribution < -0.4 is 5.32 Å². The molecule has 0 radical (unpaired) electrons. The van der Waals surface area contributed by atoms with Gasteiger partial charge in [-0.3, -0.25) is 4.79 Å². The van der Waals surface area contributed by atoms with Gasteiger partial charge in [0.25, 0.3) is 0 Å². The summed E-state index contributed by atoms with van der Waals surface area (Å²) in [4.78, 5) is 17.5. The standard InChI is InChI=1S/C25H29N5O2/c1-16(20-15-29(5)21-10-9-18(31)13-19(20)21)24(32)27-14-17-12-22(25(2,3)4)28-30(17)23-8-6-7-11-26-23/h6-13,15-16,31H,14H2,1-5H3,(H,27,32). The van der Waals surface area contributed by atoms with Crippen LogP contribution in [0.4, 0.5) is 0 Å². The second kappa shape index (κ2) is 8.15. The maximum absolute atomic E-state index is 13.1. The fourth-order valence-corrected chi connectivity index (χ4v) is 3.82. The molecular weight excluding hydrogens is 402 g/mol. The van der Waals surface area contributed by atoms with E-state index in [0.29, 0.717) is 12.4 Å². The summed E-state index contributed by atoms with van der Waals surface area (Å²) >= 11 is 0. The fraction of sp³-hybridized carbons (Fsp3) is 0.320. The van der Waals surface area contributed by atoms with Gasteiger partial charge in [0, 0.05) is 35.8 Å². The first-order valence-corrected chi connectivity index (χ1v) is 10.7. The minimum atomic E-state index is -0.381. The van der Waals surface area contributed by atoms with Crippen LogP contribution in [0.5, 0.6) is 5.75 Å². The summed E-state index contributed by atoms with van der Waals surface area (Å²) in [5, 5.41) is 18.6. The lowest BCUT2D eigenvalue weighted by atomic mass is 9.92. The van der Waals surface area contributed by atoms with E-state index < -0.39 is 0 Å². The van der Waals surface area contributed by atoms with Crippen LogP contribution in [0.2, 0.25) is 0 Å². The Kier molecular flexibility index (Phi) is 5.50. The Morgan fingerprint density at radius 1 is 1.19 bits per heavy atom.